The van der Waals surface area contributed by atoms with Crippen LogP contribution in [0.5, 0.6) is 0 Å². The molecule has 1 atom stereocenters. The summed E-state index contributed by atoms with van der Waals surface area (Å²) < 4.78 is 10.8. The van der Waals surface area contributed by atoms with Gasteiger partial charge in [0.05, 0.1) is 18.6 Å². The van der Waals surface area contributed by atoms with Gasteiger partial charge in [-0.3, -0.25) is 9.59 Å². The van der Waals surface area contributed by atoms with Crippen LogP contribution < -0.4 is 15.9 Å². The van der Waals surface area contributed by atoms with Crippen LogP contribution in [-0.4, -0.2) is 36.2 Å². The number of carbonyl (C=O) groups is 3. The van der Waals surface area contributed by atoms with Gasteiger partial charge in [0.15, 0.2) is 5.78 Å². The lowest BCUT2D eigenvalue weighted by molar-refractivity contribution is -0.145. The Hall–Kier alpha value is -4.21. The highest BCUT2D eigenvalue weighted by Gasteiger charge is 2.28. The molecule has 0 aliphatic carbocycles. The Labute approximate surface area is 229 Å². The van der Waals surface area contributed by atoms with Crippen LogP contribution in [0.1, 0.15) is 30.1 Å². The SMILES string of the molecule is CCOC(=O)C[C@@H](CC(=O)C=P(c1ccccc1)(c1ccccc1)c1ccccc1)OC(=O)c1ccccc1. The van der Waals surface area contributed by atoms with Crippen molar-refractivity contribution < 1.29 is 23.9 Å². The van der Waals surface area contributed by atoms with Gasteiger partial charge >= 0.3 is 11.9 Å². The first-order chi connectivity index (χ1) is 19.0. The van der Waals surface area contributed by atoms with Crippen LogP contribution in [0.4, 0.5) is 0 Å². The molecule has 5 nitrogen and oxygen atoms in total. The monoisotopic (exact) mass is 538 g/mol. The molecule has 4 rings (SSSR count). The molecule has 39 heavy (non-hydrogen) atoms. The Bertz CT molecular complexity index is 1330. The molecule has 0 bridgehead atoms. The van der Waals surface area contributed by atoms with Crippen LogP contribution >= 0.6 is 6.89 Å². The minimum Gasteiger partial charge on any atom is -0.466 e. The van der Waals surface area contributed by atoms with E-state index in [4.69, 9.17) is 9.47 Å². The molecular weight excluding hydrogens is 507 g/mol. The van der Waals surface area contributed by atoms with E-state index in [9.17, 15) is 14.4 Å². The van der Waals surface area contributed by atoms with Gasteiger partial charge in [0.1, 0.15) is 6.10 Å². The van der Waals surface area contributed by atoms with E-state index in [2.05, 4.69) is 0 Å². The molecule has 0 saturated heterocycles. The maximum atomic E-state index is 13.9. The van der Waals surface area contributed by atoms with Crippen LogP contribution in [-0.2, 0) is 19.1 Å². The van der Waals surface area contributed by atoms with Gasteiger partial charge in [0.2, 0.25) is 0 Å². The molecule has 4 aromatic rings. The average molecular weight is 539 g/mol. The number of rotatable bonds is 11. The van der Waals surface area contributed by atoms with Gasteiger partial charge in [-0.2, -0.15) is 0 Å². The topological polar surface area (TPSA) is 69.7 Å². The van der Waals surface area contributed by atoms with Crippen molar-refractivity contribution in [3.63, 3.8) is 0 Å². The first-order valence-corrected chi connectivity index (χ1v) is 14.7. The zero-order valence-electron chi connectivity index (χ0n) is 21.8. The van der Waals surface area contributed by atoms with Crippen molar-refractivity contribution in [2.45, 2.75) is 25.9 Å². The summed E-state index contributed by atoms with van der Waals surface area (Å²) in [5.41, 5.74) is 0.350. The van der Waals surface area contributed by atoms with Gasteiger partial charge in [-0.25, -0.2) is 4.79 Å². The lowest BCUT2D eigenvalue weighted by Crippen LogP contribution is -2.30. The zero-order chi connectivity index (χ0) is 27.5. The Morgan fingerprint density at radius 3 is 1.54 bits per heavy atom. The standard InChI is InChI=1S/C33H31O5P/c1-2-37-32(35)24-28(38-33(36)26-15-7-3-8-16-26)23-27(34)25-39(29-17-9-4-10-18-29,30-19-11-5-12-20-30)31-21-13-6-14-22-31/h3-22,25,28H,2,23-24H2,1H3/t28-/m1/s1. The number of benzene rings is 4. The smallest absolute Gasteiger partial charge is 0.338 e. The number of esters is 2. The van der Waals surface area contributed by atoms with E-state index in [-0.39, 0.29) is 25.2 Å². The maximum Gasteiger partial charge on any atom is 0.338 e. The molecule has 0 radical (unpaired) electrons. The molecule has 0 aromatic heterocycles. The van der Waals surface area contributed by atoms with Gasteiger partial charge in [0, 0.05) is 6.42 Å². The molecule has 0 N–H and O–H groups in total. The second-order valence-corrected chi connectivity index (χ2v) is 12.2. The summed E-state index contributed by atoms with van der Waals surface area (Å²) in [6, 6.07) is 38.5. The van der Waals surface area contributed by atoms with Crippen molar-refractivity contribution in [3.05, 3.63) is 127 Å². The van der Waals surface area contributed by atoms with Gasteiger partial charge in [-0.15, -0.1) is 0 Å². The Morgan fingerprint density at radius 2 is 1.10 bits per heavy atom. The van der Waals surface area contributed by atoms with E-state index < -0.39 is 24.9 Å². The van der Waals surface area contributed by atoms with Crippen LogP contribution in [0.2, 0.25) is 0 Å². The molecule has 0 heterocycles. The summed E-state index contributed by atoms with van der Waals surface area (Å²) >= 11 is 0. The van der Waals surface area contributed by atoms with Crippen molar-refractivity contribution in [2.24, 2.45) is 0 Å². The molecule has 0 aliphatic rings. The largest absolute Gasteiger partial charge is 0.466 e. The molecule has 6 heteroatoms. The van der Waals surface area contributed by atoms with Crippen LogP contribution in [0, 0.1) is 0 Å². The third-order valence-electron chi connectivity index (χ3n) is 6.24. The average Bonchev–Trinajstić information content (AvgIpc) is 2.98. The summed E-state index contributed by atoms with van der Waals surface area (Å²) in [6.45, 7) is -0.630. The number of hydrogen-bond donors (Lipinski definition) is 0. The van der Waals surface area contributed by atoms with E-state index in [1.54, 1.807) is 43.1 Å². The lowest BCUT2D eigenvalue weighted by atomic mass is 10.1. The lowest BCUT2D eigenvalue weighted by Gasteiger charge is -2.28. The number of carbonyl (C=O) groups excluding carboxylic acids is 3. The molecule has 0 aliphatic heterocycles. The van der Waals surface area contributed by atoms with Crippen molar-refractivity contribution in [1.29, 1.82) is 0 Å². The molecule has 4 aromatic carbocycles. The molecule has 0 spiro atoms. The quantitative estimate of drug-likeness (QED) is 0.200. The predicted octanol–water partition coefficient (Wildman–Crippen LogP) is 4.92. The zero-order valence-corrected chi connectivity index (χ0v) is 22.7. The summed E-state index contributed by atoms with van der Waals surface area (Å²) in [7, 11) is 0. The van der Waals surface area contributed by atoms with Gasteiger partial charge < -0.3 is 9.47 Å². The van der Waals surface area contributed by atoms with Crippen molar-refractivity contribution in [1.82, 2.24) is 0 Å². The molecular formula is C33H31O5P. The minimum atomic E-state index is -2.54. The fourth-order valence-corrected chi connectivity index (χ4v) is 8.31. The van der Waals surface area contributed by atoms with E-state index in [1.807, 2.05) is 91.0 Å². The number of hydrogen-bond acceptors (Lipinski definition) is 5. The van der Waals surface area contributed by atoms with E-state index in [0.717, 1.165) is 15.9 Å². The number of Topliss-reactive ketones (excluding diaryl/α,β-unsaturated/α-hetero) is 1. The molecule has 198 valence electrons. The summed E-state index contributed by atoms with van der Waals surface area (Å²) in [4.78, 5) is 39.1. The molecule has 0 fully saturated rings. The third kappa shape index (κ3) is 7.01. The summed E-state index contributed by atoms with van der Waals surface area (Å²) in [6.07, 6.45) is -1.32. The Balaban J connectivity index is 1.77. The van der Waals surface area contributed by atoms with E-state index in [1.165, 1.54) is 0 Å². The maximum absolute atomic E-state index is 13.9. The second kappa shape index (κ2) is 13.5. The Kier molecular flexibility index (Phi) is 9.66. The van der Waals surface area contributed by atoms with Crippen LogP contribution in [0.3, 0.4) is 0 Å². The summed E-state index contributed by atoms with van der Waals surface area (Å²) in [5.74, 6) is 0.469. The van der Waals surface area contributed by atoms with E-state index >= 15 is 0 Å². The third-order valence-corrected chi connectivity index (χ3v) is 10.3. The van der Waals surface area contributed by atoms with Gasteiger partial charge in [-0.1, -0.05) is 109 Å². The number of ketones is 1. The predicted molar refractivity (Wildman–Crippen MR) is 158 cm³/mol. The Morgan fingerprint density at radius 1 is 0.667 bits per heavy atom. The first kappa shape index (κ1) is 27.8. The molecule has 0 saturated carbocycles. The highest BCUT2D eigenvalue weighted by molar-refractivity contribution is 7.95. The van der Waals surface area contributed by atoms with Crippen molar-refractivity contribution >= 4 is 46.3 Å². The van der Waals surface area contributed by atoms with Crippen LogP contribution in [0.15, 0.2) is 121 Å². The summed E-state index contributed by atoms with van der Waals surface area (Å²) in [5, 5.41) is 3.08. The van der Waals surface area contributed by atoms with Crippen molar-refractivity contribution in [3.8, 4) is 0 Å². The minimum absolute atomic E-state index is 0.147. The fourth-order valence-electron chi connectivity index (χ4n) is 4.51. The first-order valence-electron chi connectivity index (χ1n) is 12.9. The number of ether oxygens (including phenoxy) is 2. The highest BCUT2D eigenvalue weighted by atomic mass is 31.2. The fraction of sp³-hybridized carbons (Fsp3) is 0.152. The highest BCUT2D eigenvalue weighted by Crippen LogP contribution is 2.43. The molecule has 0 unspecified atom stereocenters. The van der Waals surface area contributed by atoms with Gasteiger partial charge in [-0.05, 0) is 47.7 Å². The van der Waals surface area contributed by atoms with E-state index in [0.29, 0.717) is 5.56 Å². The molecule has 0 amide bonds. The second-order valence-electron chi connectivity index (χ2n) is 8.93. The van der Waals surface area contributed by atoms with Gasteiger partial charge in [0.25, 0.3) is 0 Å². The normalized spacial score (nSPS) is 11.7. The van der Waals surface area contributed by atoms with Crippen LogP contribution in [0.25, 0.3) is 0 Å². The van der Waals surface area contributed by atoms with Crippen molar-refractivity contribution in [2.75, 3.05) is 6.61 Å².